The van der Waals surface area contributed by atoms with Gasteiger partial charge in [-0.3, -0.25) is 0 Å². The minimum absolute atomic E-state index is 0.178. The van der Waals surface area contributed by atoms with E-state index in [2.05, 4.69) is 76.5 Å². The molecule has 3 heteroatoms. The third-order valence-corrected chi connectivity index (χ3v) is 8.99. The van der Waals surface area contributed by atoms with Gasteiger partial charge < -0.3 is 4.43 Å². The molecule has 0 aliphatic carbocycles. The maximum absolute atomic E-state index is 6.28. The van der Waals surface area contributed by atoms with Gasteiger partial charge in [0.1, 0.15) is 0 Å². The summed E-state index contributed by atoms with van der Waals surface area (Å²) in [5.74, 6) is 0. The lowest BCUT2D eigenvalue weighted by atomic mass is 10.2. The van der Waals surface area contributed by atoms with Crippen molar-refractivity contribution >= 4 is 20.1 Å². The highest BCUT2D eigenvalue weighted by Crippen LogP contribution is 2.37. The van der Waals surface area contributed by atoms with E-state index in [9.17, 15) is 0 Å². The highest BCUT2D eigenvalue weighted by Gasteiger charge is 2.37. The molecular weight excluding hydrogens is 268 g/mol. The van der Waals surface area contributed by atoms with Crippen molar-refractivity contribution in [2.75, 3.05) is 0 Å². The minimum atomic E-state index is -1.66. The van der Waals surface area contributed by atoms with E-state index in [0.717, 1.165) is 0 Å². The zero-order valence-corrected chi connectivity index (χ0v) is 14.8. The van der Waals surface area contributed by atoms with Crippen molar-refractivity contribution in [1.29, 1.82) is 0 Å². The first kappa shape index (κ1) is 16.5. The summed E-state index contributed by atoms with van der Waals surface area (Å²) < 4.78 is 6.28. The van der Waals surface area contributed by atoms with E-state index >= 15 is 0 Å². The zero-order valence-electron chi connectivity index (χ0n) is 12.9. The van der Waals surface area contributed by atoms with Gasteiger partial charge in [0.15, 0.2) is 8.32 Å². The SMILES string of the molecule is CC(/C=C\Sc1ccccc1)O[Si](C)(C)C(C)(C)C. The Balaban J connectivity index is 2.50. The van der Waals surface area contributed by atoms with Gasteiger partial charge in [-0.25, -0.2) is 0 Å². The normalized spacial score (nSPS) is 14.8. The van der Waals surface area contributed by atoms with E-state index in [1.54, 1.807) is 11.8 Å². The number of benzene rings is 1. The van der Waals surface area contributed by atoms with E-state index in [1.807, 2.05) is 6.07 Å². The molecule has 1 aromatic carbocycles. The van der Waals surface area contributed by atoms with Crippen LogP contribution in [0.4, 0.5) is 0 Å². The first-order valence-corrected chi connectivity index (χ1v) is 10.6. The van der Waals surface area contributed by atoms with Crippen molar-refractivity contribution in [1.82, 2.24) is 0 Å². The molecule has 1 aromatic rings. The molecule has 0 amide bonds. The fourth-order valence-corrected chi connectivity index (χ4v) is 3.54. The largest absolute Gasteiger partial charge is 0.411 e. The highest BCUT2D eigenvalue weighted by molar-refractivity contribution is 8.02. The van der Waals surface area contributed by atoms with Gasteiger partial charge in [-0.15, -0.1) is 0 Å². The maximum Gasteiger partial charge on any atom is 0.192 e. The highest BCUT2D eigenvalue weighted by atomic mass is 32.2. The van der Waals surface area contributed by atoms with Crippen LogP contribution in [-0.4, -0.2) is 14.4 Å². The molecule has 0 N–H and O–H groups in total. The van der Waals surface area contributed by atoms with Gasteiger partial charge in [0, 0.05) is 4.90 Å². The summed E-state index contributed by atoms with van der Waals surface area (Å²) in [5, 5.41) is 2.40. The van der Waals surface area contributed by atoms with Crippen LogP contribution in [0.5, 0.6) is 0 Å². The Hall–Kier alpha value is -0.513. The fraction of sp³-hybridized carbons (Fsp3) is 0.500. The molecule has 1 rings (SSSR count). The quantitative estimate of drug-likeness (QED) is 0.508. The lowest BCUT2D eigenvalue weighted by Crippen LogP contribution is -2.42. The molecule has 0 saturated heterocycles. The van der Waals surface area contributed by atoms with Gasteiger partial charge in [0.25, 0.3) is 0 Å². The maximum atomic E-state index is 6.28. The Kier molecular flexibility index (Phi) is 5.90. The molecule has 0 saturated carbocycles. The fourth-order valence-electron chi connectivity index (χ4n) is 1.41. The van der Waals surface area contributed by atoms with Crippen molar-refractivity contribution in [3.05, 3.63) is 41.8 Å². The standard InChI is InChI=1S/C16H26OSSi/c1-14(17-19(5,6)16(2,3)4)12-13-18-15-10-8-7-9-11-15/h7-14H,1-6H3/b13-12-. The van der Waals surface area contributed by atoms with Crippen LogP contribution in [0.15, 0.2) is 46.7 Å². The number of thioether (sulfide) groups is 1. The number of rotatable bonds is 5. The average Bonchev–Trinajstić information content (AvgIpc) is 2.28. The molecule has 0 heterocycles. The Bertz CT molecular complexity index is 407. The molecule has 0 spiro atoms. The second-order valence-corrected chi connectivity index (χ2v) is 12.1. The van der Waals surface area contributed by atoms with E-state index in [0.29, 0.717) is 0 Å². The smallest absolute Gasteiger partial charge is 0.192 e. The van der Waals surface area contributed by atoms with Crippen LogP contribution in [-0.2, 0) is 4.43 Å². The van der Waals surface area contributed by atoms with Crippen LogP contribution in [0, 0.1) is 0 Å². The average molecular weight is 295 g/mol. The monoisotopic (exact) mass is 294 g/mol. The summed E-state index contributed by atoms with van der Waals surface area (Å²) in [6.07, 6.45) is 2.33. The summed E-state index contributed by atoms with van der Waals surface area (Å²) >= 11 is 1.74. The molecule has 0 aromatic heterocycles. The number of hydrogen-bond acceptors (Lipinski definition) is 2. The van der Waals surface area contributed by atoms with Crippen LogP contribution in [0.1, 0.15) is 27.7 Å². The zero-order chi connectivity index (χ0) is 14.5. The van der Waals surface area contributed by atoms with E-state index in [4.69, 9.17) is 4.43 Å². The Morgan fingerprint density at radius 2 is 1.74 bits per heavy atom. The molecule has 0 radical (unpaired) electrons. The molecular formula is C16H26OSSi. The predicted molar refractivity (Wildman–Crippen MR) is 89.2 cm³/mol. The third-order valence-electron chi connectivity index (χ3n) is 3.58. The third kappa shape index (κ3) is 5.55. The summed E-state index contributed by atoms with van der Waals surface area (Å²) in [6.45, 7) is 13.5. The Morgan fingerprint density at radius 3 is 2.26 bits per heavy atom. The van der Waals surface area contributed by atoms with E-state index < -0.39 is 8.32 Å². The van der Waals surface area contributed by atoms with Crippen molar-refractivity contribution in [2.24, 2.45) is 0 Å². The topological polar surface area (TPSA) is 9.23 Å². The van der Waals surface area contributed by atoms with Crippen LogP contribution in [0.25, 0.3) is 0 Å². The van der Waals surface area contributed by atoms with Crippen LogP contribution in [0.2, 0.25) is 18.1 Å². The lowest BCUT2D eigenvalue weighted by molar-refractivity contribution is 0.243. The number of hydrogen-bond donors (Lipinski definition) is 0. The van der Waals surface area contributed by atoms with E-state index in [-0.39, 0.29) is 11.1 Å². The molecule has 1 unspecified atom stereocenters. The van der Waals surface area contributed by atoms with Gasteiger partial charge in [0.05, 0.1) is 6.10 Å². The molecule has 0 bridgehead atoms. The first-order chi connectivity index (χ1) is 8.72. The van der Waals surface area contributed by atoms with Crippen LogP contribution in [0.3, 0.4) is 0 Å². The molecule has 1 nitrogen and oxygen atoms in total. The first-order valence-electron chi connectivity index (χ1n) is 6.78. The molecule has 0 aliphatic heterocycles. The molecule has 19 heavy (non-hydrogen) atoms. The summed E-state index contributed by atoms with van der Waals surface area (Å²) in [6, 6.07) is 10.4. The Morgan fingerprint density at radius 1 is 1.16 bits per heavy atom. The molecule has 0 aliphatic rings. The molecule has 106 valence electrons. The second kappa shape index (κ2) is 6.78. The minimum Gasteiger partial charge on any atom is -0.411 e. The molecule has 1 atom stereocenters. The van der Waals surface area contributed by atoms with Gasteiger partial charge in [-0.2, -0.15) is 0 Å². The van der Waals surface area contributed by atoms with Gasteiger partial charge >= 0.3 is 0 Å². The summed E-state index contributed by atoms with van der Waals surface area (Å²) in [5.41, 5.74) is 0. The molecule has 0 fully saturated rings. The predicted octanol–water partition coefficient (Wildman–Crippen LogP) is 5.70. The summed E-state index contributed by atoms with van der Waals surface area (Å²) in [7, 11) is -1.66. The van der Waals surface area contributed by atoms with Gasteiger partial charge in [-0.1, -0.05) is 56.8 Å². The second-order valence-electron chi connectivity index (χ2n) is 6.34. The van der Waals surface area contributed by atoms with Crippen LogP contribution < -0.4 is 0 Å². The van der Waals surface area contributed by atoms with Gasteiger partial charge in [0.2, 0.25) is 0 Å². The van der Waals surface area contributed by atoms with Crippen LogP contribution >= 0.6 is 11.8 Å². The summed E-state index contributed by atoms with van der Waals surface area (Å²) in [4.78, 5) is 1.26. The van der Waals surface area contributed by atoms with Crippen molar-refractivity contribution in [2.45, 2.75) is 56.8 Å². The van der Waals surface area contributed by atoms with Crippen molar-refractivity contribution in [3.63, 3.8) is 0 Å². The lowest BCUT2D eigenvalue weighted by Gasteiger charge is -2.37. The van der Waals surface area contributed by atoms with Crippen molar-refractivity contribution < 1.29 is 4.43 Å². The van der Waals surface area contributed by atoms with Gasteiger partial charge in [-0.05, 0) is 42.6 Å². The van der Waals surface area contributed by atoms with E-state index in [1.165, 1.54) is 4.90 Å². The Labute approximate surface area is 123 Å². The van der Waals surface area contributed by atoms with Crippen molar-refractivity contribution in [3.8, 4) is 0 Å².